The maximum atomic E-state index is 11.9. The zero-order chi connectivity index (χ0) is 13.7. The number of halogens is 3. The van der Waals surface area contributed by atoms with E-state index in [0.717, 1.165) is 25.0 Å². The van der Waals surface area contributed by atoms with Gasteiger partial charge in [0.15, 0.2) is 0 Å². The summed E-state index contributed by atoms with van der Waals surface area (Å²) >= 11 is 4.17. The Balaban J connectivity index is 2.99. The van der Waals surface area contributed by atoms with Gasteiger partial charge in [-0.25, -0.2) is 0 Å². The molecule has 0 unspecified atom stereocenters. The van der Waals surface area contributed by atoms with E-state index < -0.39 is 12.6 Å². The number of thiol groups is 1. The number of hydrogen-bond donors (Lipinski definition) is 1. The Labute approximate surface area is 115 Å². The topological polar surface area (TPSA) is 0 Å². The predicted molar refractivity (Wildman–Crippen MR) is 75.3 cm³/mol. The standard InChI is InChI=1S/C14H27F3S/c15-14(16,17)12-10-8-6-4-2-1-3-5-7-9-11-13-18/h18H,1-13H2. The molecule has 0 heterocycles. The molecule has 0 N–H and O–H groups in total. The number of rotatable bonds is 12. The van der Waals surface area contributed by atoms with Gasteiger partial charge in [-0.1, -0.05) is 57.8 Å². The van der Waals surface area contributed by atoms with Crippen LogP contribution in [0.15, 0.2) is 0 Å². The summed E-state index contributed by atoms with van der Waals surface area (Å²) in [6, 6.07) is 0. The van der Waals surface area contributed by atoms with E-state index in [0.29, 0.717) is 6.42 Å². The molecule has 0 radical (unpaired) electrons. The van der Waals surface area contributed by atoms with Crippen LogP contribution in [-0.2, 0) is 0 Å². The van der Waals surface area contributed by atoms with Gasteiger partial charge in [0.2, 0.25) is 0 Å². The van der Waals surface area contributed by atoms with Crippen molar-refractivity contribution < 1.29 is 13.2 Å². The first kappa shape index (κ1) is 18.1. The summed E-state index contributed by atoms with van der Waals surface area (Å²) in [4.78, 5) is 0. The highest BCUT2D eigenvalue weighted by molar-refractivity contribution is 7.80. The molecule has 110 valence electrons. The third kappa shape index (κ3) is 16.1. The van der Waals surface area contributed by atoms with Gasteiger partial charge in [-0.15, -0.1) is 0 Å². The molecule has 0 nitrogen and oxygen atoms in total. The number of alkyl halides is 3. The number of unbranched alkanes of at least 4 members (excludes halogenated alkanes) is 10. The molecule has 0 bridgehead atoms. The van der Waals surface area contributed by atoms with Crippen LogP contribution in [0.3, 0.4) is 0 Å². The van der Waals surface area contributed by atoms with Crippen molar-refractivity contribution in [1.82, 2.24) is 0 Å². The molecule has 0 aliphatic rings. The van der Waals surface area contributed by atoms with Crippen LogP contribution in [0.1, 0.15) is 77.0 Å². The van der Waals surface area contributed by atoms with E-state index in [1.807, 2.05) is 0 Å². The molecule has 0 fully saturated rings. The molecule has 18 heavy (non-hydrogen) atoms. The maximum Gasteiger partial charge on any atom is 0.389 e. The summed E-state index contributed by atoms with van der Waals surface area (Å²) in [5.74, 6) is 0.984. The van der Waals surface area contributed by atoms with Gasteiger partial charge in [0.05, 0.1) is 0 Å². The molecule has 0 aliphatic heterocycles. The van der Waals surface area contributed by atoms with Crippen molar-refractivity contribution >= 4 is 12.6 Å². The smallest absolute Gasteiger partial charge is 0.179 e. The van der Waals surface area contributed by atoms with Crippen molar-refractivity contribution in [1.29, 1.82) is 0 Å². The van der Waals surface area contributed by atoms with E-state index in [9.17, 15) is 13.2 Å². The van der Waals surface area contributed by atoms with Crippen molar-refractivity contribution in [3.8, 4) is 0 Å². The summed E-state index contributed by atoms with van der Waals surface area (Å²) in [6.45, 7) is 0. The summed E-state index contributed by atoms with van der Waals surface area (Å²) in [7, 11) is 0. The summed E-state index contributed by atoms with van der Waals surface area (Å²) in [5, 5.41) is 0. The van der Waals surface area contributed by atoms with Gasteiger partial charge in [-0.2, -0.15) is 25.8 Å². The largest absolute Gasteiger partial charge is 0.389 e. The van der Waals surface area contributed by atoms with E-state index in [2.05, 4.69) is 12.6 Å². The minimum absolute atomic E-state index is 0.299. The number of hydrogen-bond acceptors (Lipinski definition) is 1. The predicted octanol–water partition coefficient (Wildman–Crippen LogP) is 6.16. The van der Waals surface area contributed by atoms with Crippen LogP contribution in [0.25, 0.3) is 0 Å². The molecule has 0 aliphatic carbocycles. The second-order valence-electron chi connectivity index (χ2n) is 4.98. The fraction of sp³-hybridized carbons (Fsp3) is 1.00. The van der Waals surface area contributed by atoms with Crippen molar-refractivity contribution in [2.24, 2.45) is 0 Å². The summed E-state index contributed by atoms with van der Waals surface area (Å²) in [6.07, 6.45) is 7.26. The molecule has 0 amide bonds. The molecule has 0 aromatic carbocycles. The van der Waals surface area contributed by atoms with Crippen LogP contribution in [0.5, 0.6) is 0 Å². The normalized spacial score (nSPS) is 12.0. The molecule has 4 heteroatoms. The molecular weight excluding hydrogens is 257 g/mol. The SMILES string of the molecule is FC(F)(F)CCCCCCCCCCCCCS. The quantitative estimate of drug-likeness (QED) is 0.322. The van der Waals surface area contributed by atoms with E-state index in [1.54, 1.807) is 0 Å². The Bertz CT molecular complexity index is 169. The molecule has 0 aromatic rings. The average molecular weight is 284 g/mol. The Morgan fingerprint density at radius 1 is 0.556 bits per heavy atom. The van der Waals surface area contributed by atoms with Crippen molar-refractivity contribution in [2.45, 2.75) is 83.2 Å². The Morgan fingerprint density at radius 3 is 1.22 bits per heavy atom. The van der Waals surface area contributed by atoms with E-state index in [-0.39, 0.29) is 0 Å². The molecule has 0 spiro atoms. The van der Waals surface area contributed by atoms with Crippen LogP contribution >= 0.6 is 12.6 Å². The average Bonchev–Trinajstić information content (AvgIpc) is 2.29. The molecule has 0 aromatic heterocycles. The van der Waals surface area contributed by atoms with E-state index in [4.69, 9.17) is 0 Å². The third-order valence-corrected chi connectivity index (χ3v) is 3.43. The zero-order valence-corrected chi connectivity index (χ0v) is 12.2. The Kier molecular flexibility index (Phi) is 12.3. The fourth-order valence-electron chi connectivity index (χ4n) is 2.03. The lowest BCUT2D eigenvalue weighted by molar-refractivity contribution is -0.135. The first-order valence-electron chi connectivity index (χ1n) is 7.24. The van der Waals surface area contributed by atoms with Crippen molar-refractivity contribution in [3.05, 3.63) is 0 Å². The van der Waals surface area contributed by atoms with Crippen LogP contribution < -0.4 is 0 Å². The van der Waals surface area contributed by atoms with Crippen LogP contribution in [0.2, 0.25) is 0 Å². The monoisotopic (exact) mass is 284 g/mol. The molecule has 0 atom stereocenters. The van der Waals surface area contributed by atoms with Crippen LogP contribution in [0, 0.1) is 0 Å². The van der Waals surface area contributed by atoms with E-state index in [1.165, 1.54) is 44.9 Å². The first-order valence-corrected chi connectivity index (χ1v) is 7.87. The Morgan fingerprint density at radius 2 is 0.889 bits per heavy atom. The van der Waals surface area contributed by atoms with Gasteiger partial charge < -0.3 is 0 Å². The van der Waals surface area contributed by atoms with Crippen molar-refractivity contribution in [2.75, 3.05) is 5.75 Å². The van der Waals surface area contributed by atoms with Crippen LogP contribution in [-0.4, -0.2) is 11.9 Å². The third-order valence-electron chi connectivity index (χ3n) is 3.12. The second kappa shape index (κ2) is 12.2. The lowest BCUT2D eigenvalue weighted by Crippen LogP contribution is -2.06. The highest BCUT2D eigenvalue weighted by Crippen LogP contribution is 2.23. The fourth-order valence-corrected chi connectivity index (χ4v) is 2.25. The lowest BCUT2D eigenvalue weighted by Gasteiger charge is -2.05. The highest BCUT2D eigenvalue weighted by atomic mass is 32.1. The van der Waals surface area contributed by atoms with E-state index >= 15 is 0 Å². The Hall–Kier alpha value is 0.140. The van der Waals surface area contributed by atoms with Gasteiger partial charge in [0.1, 0.15) is 0 Å². The summed E-state index contributed by atoms with van der Waals surface area (Å²) in [5.41, 5.74) is 0. The van der Waals surface area contributed by atoms with Gasteiger partial charge >= 0.3 is 6.18 Å². The molecule has 0 rings (SSSR count). The zero-order valence-electron chi connectivity index (χ0n) is 11.3. The molecular formula is C14H27F3S. The molecule has 0 saturated carbocycles. The van der Waals surface area contributed by atoms with Crippen molar-refractivity contribution in [3.63, 3.8) is 0 Å². The summed E-state index contributed by atoms with van der Waals surface area (Å²) < 4.78 is 35.6. The molecule has 0 saturated heterocycles. The van der Waals surface area contributed by atoms with Gasteiger partial charge in [0.25, 0.3) is 0 Å². The van der Waals surface area contributed by atoms with Gasteiger partial charge in [-0.3, -0.25) is 0 Å². The minimum atomic E-state index is -3.97. The van der Waals surface area contributed by atoms with Gasteiger partial charge in [0, 0.05) is 6.42 Å². The highest BCUT2D eigenvalue weighted by Gasteiger charge is 2.25. The lowest BCUT2D eigenvalue weighted by atomic mass is 10.1. The minimum Gasteiger partial charge on any atom is -0.179 e. The second-order valence-corrected chi connectivity index (χ2v) is 5.43. The first-order chi connectivity index (χ1) is 8.56. The maximum absolute atomic E-state index is 11.9. The van der Waals surface area contributed by atoms with Gasteiger partial charge in [-0.05, 0) is 18.6 Å². The van der Waals surface area contributed by atoms with Crippen LogP contribution in [0.4, 0.5) is 13.2 Å².